The first-order valence-electron chi connectivity index (χ1n) is 8.52. The first-order valence-corrected chi connectivity index (χ1v) is 11.1. The minimum atomic E-state index is -0.828. The van der Waals surface area contributed by atoms with Crippen molar-refractivity contribution in [3.05, 3.63) is 28.7 Å². The number of hydrogen-bond acceptors (Lipinski definition) is 3. The van der Waals surface area contributed by atoms with Crippen LogP contribution in [0, 0.1) is 23.7 Å². The van der Waals surface area contributed by atoms with E-state index in [1.54, 1.807) is 19.1 Å². The van der Waals surface area contributed by atoms with Gasteiger partial charge in [0.1, 0.15) is 6.04 Å². The molecule has 0 spiro atoms. The quantitative estimate of drug-likeness (QED) is 0.464. The number of alkyl halides is 2. The molecule has 2 aliphatic carbocycles. The van der Waals surface area contributed by atoms with E-state index in [9.17, 15) is 14.4 Å². The molecular weight excluding hydrogens is 532 g/mol. The fraction of sp³-hybridized carbons (Fsp3) is 0.500. The Balaban J connectivity index is 1.53. The van der Waals surface area contributed by atoms with E-state index in [0.717, 1.165) is 10.9 Å². The van der Waals surface area contributed by atoms with Gasteiger partial charge in [-0.05, 0) is 49.4 Å². The van der Waals surface area contributed by atoms with Crippen LogP contribution in [0.2, 0.25) is 0 Å². The molecule has 8 heteroatoms. The van der Waals surface area contributed by atoms with Crippen LogP contribution in [0.4, 0.5) is 5.69 Å². The number of carbonyl (C=O) groups is 3. The molecule has 1 heterocycles. The van der Waals surface area contributed by atoms with Crippen molar-refractivity contribution in [1.29, 1.82) is 0 Å². The van der Waals surface area contributed by atoms with Gasteiger partial charge in [0.15, 0.2) is 0 Å². The number of anilines is 1. The molecule has 1 aliphatic heterocycles. The Bertz CT molecular complexity index is 752. The molecular formula is C18H17Br3N2O3. The predicted octanol–water partition coefficient (Wildman–Crippen LogP) is 3.55. The summed E-state index contributed by atoms with van der Waals surface area (Å²) >= 11 is 10.7. The van der Waals surface area contributed by atoms with Gasteiger partial charge < -0.3 is 5.32 Å². The first-order chi connectivity index (χ1) is 12.3. The third-order valence-electron chi connectivity index (χ3n) is 5.90. The van der Waals surface area contributed by atoms with Gasteiger partial charge >= 0.3 is 0 Å². The van der Waals surface area contributed by atoms with Crippen molar-refractivity contribution in [2.45, 2.75) is 29.0 Å². The lowest BCUT2D eigenvalue weighted by atomic mass is 9.81. The van der Waals surface area contributed by atoms with E-state index in [2.05, 4.69) is 53.1 Å². The number of halogens is 3. The summed E-state index contributed by atoms with van der Waals surface area (Å²) in [5.74, 6) is -1.05. The molecule has 2 saturated carbocycles. The second kappa shape index (κ2) is 6.71. The minimum absolute atomic E-state index is 0.151. The minimum Gasteiger partial charge on any atom is -0.324 e. The zero-order chi connectivity index (χ0) is 18.7. The van der Waals surface area contributed by atoms with Crippen molar-refractivity contribution < 1.29 is 14.4 Å². The van der Waals surface area contributed by atoms with E-state index in [4.69, 9.17) is 0 Å². The molecule has 0 radical (unpaired) electrons. The molecule has 0 aromatic heterocycles. The number of carbonyl (C=O) groups excluding carboxylic acids is 3. The molecule has 1 aromatic rings. The number of nitrogens with zero attached hydrogens (tertiary/aromatic N) is 1. The highest BCUT2D eigenvalue weighted by Gasteiger charge is 2.67. The molecule has 3 amide bonds. The van der Waals surface area contributed by atoms with E-state index in [1.165, 1.54) is 4.90 Å². The Morgan fingerprint density at radius 1 is 1.08 bits per heavy atom. The lowest BCUT2D eigenvalue weighted by Crippen LogP contribution is -2.46. The van der Waals surface area contributed by atoms with E-state index >= 15 is 0 Å². The zero-order valence-electron chi connectivity index (χ0n) is 13.9. The molecule has 4 rings (SSSR count). The number of benzene rings is 1. The molecule has 2 bridgehead atoms. The van der Waals surface area contributed by atoms with E-state index in [1.807, 2.05) is 12.1 Å². The van der Waals surface area contributed by atoms with Crippen molar-refractivity contribution in [1.82, 2.24) is 4.90 Å². The normalized spacial score (nSPS) is 36.4. The topological polar surface area (TPSA) is 66.5 Å². The summed E-state index contributed by atoms with van der Waals surface area (Å²) in [6.07, 6.45) is 0.881. The van der Waals surface area contributed by atoms with Gasteiger partial charge in [-0.1, -0.05) is 47.8 Å². The fourth-order valence-electron chi connectivity index (χ4n) is 4.65. The second-order valence-electron chi connectivity index (χ2n) is 7.22. The van der Waals surface area contributed by atoms with Crippen molar-refractivity contribution in [3.63, 3.8) is 0 Å². The third kappa shape index (κ3) is 2.71. The number of amides is 3. The maximum Gasteiger partial charge on any atom is 0.247 e. The predicted molar refractivity (Wildman–Crippen MR) is 108 cm³/mol. The van der Waals surface area contributed by atoms with E-state index in [-0.39, 0.29) is 51.0 Å². The van der Waals surface area contributed by atoms with Crippen molar-refractivity contribution >= 4 is 71.2 Å². The Hall–Kier alpha value is -0.730. The van der Waals surface area contributed by atoms with Crippen LogP contribution >= 0.6 is 47.8 Å². The number of rotatable bonds is 3. The van der Waals surface area contributed by atoms with Gasteiger partial charge in [-0.2, -0.15) is 0 Å². The van der Waals surface area contributed by atoms with Crippen LogP contribution in [-0.2, 0) is 14.4 Å². The molecule has 3 aliphatic rings. The summed E-state index contributed by atoms with van der Waals surface area (Å²) < 4.78 is 0.908. The summed E-state index contributed by atoms with van der Waals surface area (Å²) in [5.41, 5.74) is 0.630. The fourth-order valence-corrected chi connectivity index (χ4v) is 6.79. The first kappa shape index (κ1) is 18.6. The second-order valence-corrected chi connectivity index (χ2v) is 10.3. The number of nitrogens with one attached hydrogen (secondary N) is 1. The summed E-state index contributed by atoms with van der Waals surface area (Å²) in [4.78, 5) is 40.1. The van der Waals surface area contributed by atoms with Crippen molar-refractivity contribution in [2.75, 3.05) is 5.32 Å². The largest absolute Gasteiger partial charge is 0.324 e. The van der Waals surface area contributed by atoms with Gasteiger partial charge in [-0.15, -0.1) is 0 Å². The standard InChI is InChI=1S/C18H17Br3N2O3/c1-7(16(24)22-9-4-2-8(19)3-5-9)23-17(25)12-10-6-11(13(12)18(23)26)15(21)14(10)20/h2-5,7,10-15H,6H2,1H3,(H,22,24)/t7-,10-,11-,12-,13-,14-,15+/m1/s1. The van der Waals surface area contributed by atoms with Crippen molar-refractivity contribution in [3.8, 4) is 0 Å². The number of likely N-dealkylation sites (tertiary alicyclic amines) is 1. The number of imide groups is 1. The highest BCUT2D eigenvalue weighted by molar-refractivity contribution is 9.12. The van der Waals surface area contributed by atoms with Gasteiger partial charge in [0.2, 0.25) is 17.7 Å². The molecule has 7 atom stereocenters. The lowest BCUT2D eigenvalue weighted by molar-refractivity contribution is -0.146. The summed E-state index contributed by atoms with van der Waals surface area (Å²) in [6, 6.07) is 6.34. The smallest absolute Gasteiger partial charge is 0.247 e. The third-order valence-corrected chi connectivity index (χ3v) is 9.63. The SMILES string of the molecule is C[C@H](C(=O)Nc1ccc(Br)cc1)N1C(=O)[C@@H]2[C@H]3C[C@@H]([C@@H](Br)[C@H]3Br)[C@H]2C1=O. The van der Waals surface area contributed by atoms with Crippen LogP contribution in [0.1, 0.15) is 13.3 Å². The van der Waals surface area contributed by atoms with Gasteiger partial charge in [0.05, 0.1) is 11.8 Å². The van der Waals surface area contributed by atoms with Gasteiger partial charge in [-0.25, -0.2) is 0 Å². The van der Waals surface area contributed by atoms with Crippen LogP contribution < -0.4 is 5.32 Å². The molecule has 5 nitrogen and oxygen atoms in total. The zero-order valence-corrected chi connectivity index (χ0v) is 18.6. The molecule has 3 fully saturated rings. The van der Waals surface area contributed by atoms with Gasteiger partial charge in [0.25, 0.3) is 0 Å². The molecule has 1 saturated heterocycles. The highest BCUT2D eigenvalue weighted by atomic mass is 79.9. The van der Waals surface area contributed by atoms with Gasteiger partial charge in [0, 0.05) is 19.8 Å². The maximum atomic E-state index is 13.0. The van der Waals surface area contributed by atoms with Crippen LogP contribution in [0.5, 0.6) is 0 Å². The number of fused-ring (bicyclic) bond motifs is 5. The Morgan fingerprint density at radius 2 is 1.58 bits per heavy atom. The van der Waals surface area contributed by atoms with Crippen LogP contribution in [-0.4, -0.2) is 38.3 Å². The Labute approximate surface area is 176 Å². The van der Waals surface area contributed by atoms with Crippen LogP contribution in [0.3, 0.4) is 0 Å². The molecule has 138 valence electrons. The Morgan fingerprint density at radius 3 is 2.08 bits per heavy atom. The summed E-state index contributed by atoms with van der Waals surface area (Å²) in [7, 11) is 0. The average Bonchev–Trinajstić information content (AvgIpc) is 3.21. The van der Waals surface area contributed by atoms with Crippen molar-refractivity contribution in [2.24, 2.45) is 23.7 Å². The number of hydrogen-bond donors (Lipinski definition) is 1. The Kier molecular flexibility index (Phi) is 4.80. The molecule has 26 heavy (non-hydrogen) atoms. The monoisotopic (exact) mass is 546 g/mol. The van der Waals surface area contributed by atoms with E-state index < -0.39 is 6.04 Å². The lowest BCUT2D eigenvalue weighted by Gasteiger charge is -2.28. The molecule has 0 unspecified atom stereocenters. The molecule has 1 aromatic carbocycles. The summed E-state index contributed by atoms with van der Waals surface area (Å²) in [6.45, 7) is 1.62. The highest BCUT2D eigenvalue weighted by Crippen LogP contribution is 2.60. The molecule has 1 N–H and O–H groups in total. The summed E-state index contributed by atoms with van der Waals surface area (Å²) in [5, 5.41) is 2.78. The van der Waals surface area contributed by atoms with Crippen LogP contribution in [0.25, 0.3) is 0 Å². The van der Waals surface area contributed by atoms with Crippen LogP contribution in [0.15, 0.2) is 28.7 Å². The maximum absolute atomic E-state index is 13.0. The van der Waals surface area contributed by atoms with E-state index in [0.29, 0.717) is 5.69 Å². The average molecular weight is 549 g/mol. The van der Waals surface area contributed by atoms with Gasteiger partial charge in [-0.3, -0.25) is 19.3 Å².